The van der Waals surface area contributed by atoms with Gasteiger partial charge in [-0.3, -0.25) is 14.4 Å². The van der Waals surface area contributed by atoms with Gasteiger partial charge >= 0.3 is 0 Å². The fourth-order valence-electron chi connectivity index (χ4n) is 6.03. The molecule has 7 atom stereocenters. The molecule has 4 rings (SSSR count). The third-order valence-corrected chi connectivity index (χ3v) is 9.25. The van der Waals surface area contributed by atoms with E-state index in [0.717, 1.165) is 12.0 Å². The summed E-state index contributed by atoms with van der Waals surface area (Å²) in [5.74, 6) is -1.55. The van der Waals surface area contributed by atoms with Gasteiger partial charge in [0.05, 0.1) is 29.2 Å². The van der Waals surface area contributed by atoms with Gasteiger partial charge in [-0.05, 0) is 38.7 Å². The van der Waals surface area contributed by atoms with E-state index in [1.54, 1.807) is 23.7 Å². The highest BCUT2D eigenvalue weighted by atomic mass is 32.2. The highest BCUT2D eigenvalue weighted by molar-refractivity contribution is 8.02. The Labute approximate surface area is 193 Å². The van der Waals surface area contributed by atoms with Crippen LogP contribution in [0.5, 0.6) is 0 Å². The Morgan fingerprint density at radius 1 is 1.25 bits per heavy atom. The SMILES string of the molecule is CNC(=O)[C@@H]1[C@H]2C(=O)N([C@H](CO)c3ccccc3)C(C(=O)NC(C)(C)C)C23S[C@@H]1CC3C. The number of rotatable bonds is 5. The summed E-state index contributed by atoms with van der Waals surface area (Å²) in [5, 5.41) is 16.2. The second kappa shape index (κ2) is 8.06. The number of fused-ring (bicyclic) bond motifs is 1. The lowest BCUT2D eigenvalue weighted by Crippen LogP contribution is -2.59. The van der Waals surface area contributed by atoms with E-state index in [9.17, 15) is 19.5 Å². The van der Waals surface area contributed by atoms with Gasteiger partial charge in [0.15, 0.2) is 0 Å². The number of nitrogens with zero attached hydrogens (tertiary/aromatic N) is 1. The molecule has 8 heteroatoms. The van der Waals surface area contributed by atoms with E-state index in [0.29, 0.717) is 0 Å². The highest BCUT2D eigenvalue weighted by Gasteiger charge is 2.76. The molecule has 1 aromatic carbocycles. The molecule has 0 aliphatic carbocycles. The Kier molecular flexibility index (Phi) is 5.82. The fraction of sp³-hybridized carbons (Fsp3) is 0.625. The zero-order valence-corrected chi connectivity index (χ0v) is 20.1. The number of hydrogen-bond acceptors (Lipinski definition) is 5. The molecule has 0 saturated carbocycles. The minimum absolute atomic E-state index is 0.00953. The molecule has 3 aliphatic rings. The average molecular weight is 460 g/mol. The number of carbonyl (C=O) groups is 3. The van der Waals surface area contributed by atoms with Gasteiger partial charge < -0.3 is 20.6 Å². The van der Waals surface area contributed by atoms with Crippen molar-refractivity contribution in [2.45, 2.75) is 61.7 Å². The van der Waals surface area contributed by atoms with Crippen molar-refractivity contribution in [3.63, 3.8) is 0 Å². The van der Waals surface area contributed by atoms with Crippen molar-refractivity contribution in [3.8, 4) is 0 Å². The number of carbonyl (C=O) groups excluding carboxylic acids is 3. The summed E-state index contributed by atoms with van der Waals surface area (Å²) in [6.45, 7) is 7.53. The molecule has 1 spiro atoms. The summed E-state index contributed by atoms with van der Waals surface area (Å²) >= 11 is 1.64. The van der Waals surface area contributed by atoms with E-state index in [1.165, 1.54) is 0 Å². The lowest BCUT2D eigenvalue weighted by Gasteiger charge is -2.41. The van der Waals surface area contributed by atoms with Gasteiger partial charge in [0.1, 0.15) is 6.04 Å². The summed E-state index contributed by atoms with van der Waals surface area (Å²) in [6, 6.07) is 7.90. The number of likely N-dealkylation sites (tertiary alicyclic amines) is 1. The van der Waals surface area contributed by atoms with Crippen molar-refractivity contribution in [1.82, 2.24) is 15.5 Å². The summed E-state index contributed by atoms with van der Waals surface area (Å²) in [4.78, 5) is 42.3. The molecule has 0 radical (unpaired) electrons. The number of amides is 3. The van der Waals surface area contributed by atoms with Crippen LogP contribution >= 0.6 is 11.8 Å². The summed E-state index contributed by atoms with van der Waals surface area (Å²) < 4.78 is -0.698. The maximum atomic E-state index is 14.0. The number of benzene rings is 1. The Hall–Kier alpha value is -2.06. The van der Waals surface area contributed by atoms with Crippen LogP contribution in [0.1, 0.15) is 45.7 Å². The molecule has 2 bridgehead atoms. The topological polar surface area (TPSA) is 98.7 Å². The fourth-order valence-corrected chi connectivity index (χ4v) is 8.44. The van der Waals surface area contributed by atoms with Crippen molar-refractivity contribution in [1.29, 1.82) is 0 Å². The van der Waals surface area contributed by atoms with Crippen LogP contribution in [-0.4, -0.2) is 63.0 Å². The predicted octanol–water partition coefficient (Wildman–Crippen LogP) is 1.72. The lowest BCUT2D eigenvalue weighted by molar-refractivity contribution is -0.143. The molecule has 3 fully saturated rings. The normalized spacial score (nSPS) is 34.4. The van der Waals surface area contributed by atoms with E-state index in [2.05, 4.69) is 17.6 Å². The second-order valence-corrected chi connectivity index (χ2v) is 11.8. The maximum Gasteiger partial charge on any atom is 0.244 e. The molecule has 1 aromatic rings. The van der Waals surface area contributed by atoms with Crippen LogP contribution in [-0.2, 0) is 14.4 Å². The monoisotopic (exact) mass is 459 g/mol. The first-order valence-corrected chi connectivity index (χ1v) is 12.1. The van der Waals surface area contributed by atoms with Crippen LogP contribution in [0.25, 0.3) is 0 Å². The van der Waals surface area contributed by atoms with Crippen molar-refractivity contribution in [2.75, 3.05) is 13.7 Å². The van der Waals surface area contributed by atoms with Gasteiger partial charge in [-0.2, -0.15) is 0 Å². The Balaban J connectivity index is 1.86. The quantitative estimate of drug-likeness (QED) is 0.623. The van der Waals surface area contributed by atoms with E-state index in [1.807, 2.05) is 51.1 Å². The van der Waals surface area contributed by atoms with E-state index < -0.39 is 34.2 Å². The third-order valence-electron chi connectivity index (χ3n) is 7.17. The second-order valence-electron chi connectivity index (χ2n) is 10.3. The van der Waals surface area contributed by atoms with E-state index >= 15 is 0 Å². The summed E-state index contributed by atoms with van der Waals surface area (Å²) in [7, 11) is 1.59. The van der Waals surface area contributed by atoms with Crippen LogP contribution in [0, 0.1) is 17.8 Å². The largest absolute Gasteiger partial charge is 0.394 e. The molecule has 7 nitrogen and oxygen atoms in total. The number of thioether (sulfide) groups is 1. The molecule has 3 saturated heterocycles. The minimum atomic E-state index is -0.767. The zero-order chi connectivity index (χ0) is 23.4. The minimum Gasteiger partial charge on any atom is -0.394 e. The highest BCUT2D eigenvalue weighted by Crippen LogP contribution is 2.69. The van der Waals surface area contributed by atoms with Crippen molar-refractivity contribution >= 4 is 29.5 Å². The molecule has 3 unspecified atom stereocenters. The summed E-state index contributed by atoms with van der Waals surface area (Å²) in [6.07, 6.45) is 0.787. The molecule has 3 heterocycles. The van der Waals surface area contributed by atoms with Crippen molar-refractivity contribution in [2.24, 2.45) is 17.8 Å². The first-order chi connectivity index (χ1) is 15.1. The number of aliphatic hydroxyl groups excluding tert-OH is 1. The Morgan fingerprint density at radius 3 is 2.47 bits per heavy atom. The molecule has 3 N–H and O–H groups in total. The van der Waals surface area contributed by atoms with Crippen LogP contribution in [0.2, 0.25) is 0 Å². The van der Waals surface area contributed by atoms with Crippen LogP contribution < -0.4 is 10.6 Å². The van der Waals surface area contributed by atoms with Crippen molar-refractivity contribution in [3.05, 3.63) is 35.9 Å². The molecule has 3 aliphatic heterocycles. The number of nitrogens with one attached hydrogen (secondary N) is 2. The van der Waals surface area contributed by atoms with Crippen LogP contribution in [0.4, 0.5) is 0 Å². The Morgan fingerprint density at radius 2 is 1.91 bits per heavy atom. The van der Waals surface area contributed by atoms with Gasteiger partial charge in [0.2, 0.25) is 17.7 Å². The first kappa shape index (κ1) is 23.1. The van der Waals surface area contributed by atoms with Gasteiger partial charge in [-0.1, -0.05) is 37.3 Å². The standard InChI is InChI=1S/C24H33N3O4S/c1-13-11-16-17(20(29)25-5)18-22(31)27(15(12-28)14-9-7-6-8-10-14)19(24(13,18)32-16)21(30)26-23(2,3)4/h6-10,13,15-19,28H,11-12H2,1-5H3,(H,25,29)(H,26,30)/t13?,15-,16-,17+,18+,19?,24?/m1/s1. The maximum absolute atomic E-state index is 14.0. The van der Waals surface area contributed by atoms with Gasteiger partial charge in [0, 0.05) is 17.8 Å². The average Bonchev–Trinajstić information content (AvgIpc) is 3.32. The summed E-state index contributed by atoms with van der Waals surface area (Å²) in [5.41, 5.74) is 0.296. The number of hydrogen-bond donors (Lipinski definition) is 3. The van der Waals surface area contributed by atoms with Crippen LogP contribution in [0.3, 0.4) is 0 Å². The third kappa shape index (κ3) is 3.34. The molecule has 3 amide bonds. The predicted molar refractivity (Wildman–Crippen MR) is 124 cm³/mol. The van der Waals surface area contributed by atoms with E-state index in [4.69, 9.17) is 0 Å². The van der Waals surface area contributed by atoms with Crippen molar-refractivity contribution < 1.29 is 19.5 Å². The molecular formula is C24H33N3O4S. The molecule has 0 aromatic heterocycles. The van der Waals surface area contributed by atoms with Gasteiger partial charge in [-0.15, -0.1) is 11.8 Å². The van der Waals surface area contributed by atoms with Gasteiger partial charge in [0.25, 0.3) is 0 Å². The number of aliphatic hydroxyl groups is 1. The van der Waals surface area contributed by atoms with Gasteiger partial charge in [-0.25, -0.2) is 0 Å². The molecular weight excluding hydrogens is 426 g/mol. The lowest BCUT2D eigenvalue weighted by atomic mass is 9.66. The molecule has 32 heavy (non-hydrogen) atoms. The zero-order valence-electron chi connectivity index (χ0n) is 19.3. The van der Waals surface area contributed by atoms with Crippen LogP contribution in [0.15, 0.2) is 30.3 Å². The first-order valence-electron chi connectivity index (χ1n) is 11.3. The Bertz CT molecular complexity index is 918. The smallest absolute Gasteiger partial charge is 0.244 e. The van der Waals surface area contributed by atoms with E-state index in [-0.39, 0.29) is 35.5 Å². The molecule has 174 valence electrons.